The highest BCUT2D eigenvalue weighted by Crippen LogP contribution is 2.45. The summed E-state index contributed by atoms with van der Waals surface area (Å²) in [6.45, 7) is 13.8. The molecule has 5 aromatic carbocycles. The fourth-order valence-electron chi connectivity index (χ4n) is 6.71. The number of hydrogen-bond donors (Lipinski definition) is 0. The third-order valence-corrected chi connectivity index (χ3v) is 10.0. The van der Waals surface area contributed by atoms with Gasteiger partial charge in [-0.25, -0.2) is 4.79 Å². The molecule has 10 heteroatoms. The Kier molecular flexibility index (Phi) is 30.9. The van der Waals surface area contributed by atoms with Gasteiger partial charge in [0.2, 0.25) is 0 Å². The molecule has 0 saturated heterocycles. The van der Waals surface area contributed by atoms with E-state index in [-0.39, 0.29) is 12.0 Å². The molecule has 366 valence electrons. The number of benzene rings is 5. The van der Waals surface area contributed by atoms with Crippen LogP contribution in [0.1, 0.15) is 110 Å². The van der Waals surface area contributed by atoms with Crippen molar-refractivity contribution >= 4 is 24.8 Å². The maximum Gasteiger partial charge on any atom is 0.330 e. The van der Waals surface area contributed by atoms with Gasteiger partial charge in [-0.3, -0.25) is 14.6 Å². The van der Waals surface area contributed by atoms with E-state index in [0.29, 0.717) is 31.7 Å². The number of rotatable bonds is 25. The summed E-state index contributed by atoms with van der Waals surface area (Å²) in [6, 6.07) is 37.8. The number of nitrogens with zero attached hydrogens (tertiary/aromatic N) is 1. The van der Waals surface area contributed by atoms with Crippen molar-refractivity contribution in [1.29, 1.82) is 0 Å². The van der Waals surface area contributed by atoms with Gasteiger partial charge in [0.1, 0.15) is 48.2 Å². The molecule has 1 aliphatic carbocycles. The van der Waals surface area contributed by atoms with Crippen molar-refractivity contribution in [3.8, 4) is 47.0 Å². The summed E-state index contributed by atoms with van der Waals surface area (Å²) in [6.07, 6.45) is 23.3. The molecule has 0 bridgehead atoms. The third kappa shape index (κ3) is 22.4. The number of carbonyl (C=O) groups is 3. The predicted molar refractivity (Wildman–Crippen MR) is 280 cm³/mol. The van der Waals surface area contributed by atoms with Crippen LogP contribution in [0.2, 0.25) is 0 Å². The molecule has 0 heterocycles. The van der Waals surface area contributed by atoms with Crippen LogP contribution in [0.5, 0.6) is 23.0 Å². The van der Waals surface area contributed by atoms with E-state index in [1.165, 1.54) is 47.2 Å². The number of fused-ring (bicyclic) bond motifs is 3. The van der Waals surface area contributed by atoms with Crippen LogP contribution < -0.4 is 18.9 Å². The summed E-state index contributed by atoms with van der Waals surface area (Å²) in [5.74, 6) is 2.78. The zero-order chi connectivity index (χ0) is 50.3. The second-order valence-corrected chi connectivity index (χ2v) is 15.3. The van der Waals surface area contributed by atoms with Gasteiger partial charge >= 0.3 is 5.97 Å². The molecule has 10 nitrogen and oxygen atoms in total. The lowest BCUT2D eigenvalue weighted by atomic mass is 10.1. The van der Waals surface area contributed by atoms with Crippen LogP contribution in [0.4, 0.5) is 0 Å². The number of esters is 1. The molecule has 0 unspecified atom stereocenters. The molecular formula is C59H71NO9. The number of aldehydes is 2. The van der Waals surface area contributed by atoms with Crippen molar-refractivity contribution in [3.05, 3.63) is 168 Å². The Morgan fingerprint density at radius 1 is 0.638 bits per heavy atom. The first-order chi connectivity index (χ1) is 33.8. The van der Waals surface area contributed by atoms with Crippen molar-refractivity contribution in [2.45, 2.75) is 84.3 Å². The molecule has 6 rings (SSSR count). The van der Waals surface area contributed by atoms with Gasteiger partial charge in [0.25, 0.3) is 0 Å². The quantitative estimate of drug-likeness (QED) is 0.0141. The minimum absolute atomic E-state index is 0.0589. The third-order valence-electron chi connectivity index (χ3n) is 10.0. The van der Waals surface area contributed by atoms with Gasteiger partial charge in [-0.1, -0.05) is 101 Å². The Balaban J connectivity index is 0.000000519. The van der Waals surface area contributed by atoms with Crippen LogP contribution >= 0.6 is 0 Å². The van der Waals surface area contributed by atoms with Crippen molar-refractivity contribution in [2.75, 3.05) is 40.6 Å². The zero-order valence-corrected chi connectivity index (χ0v) is 41.0. The summed E-state index contributed by atoms with van der Waals surface area (Å²) in [4.78, 5) is 35.6. The van der Waals surface area contributed by atoms with E-state index < -0.39 is 0 Å². The molecule has 0 radical (unpaired) electrons. The second kappa shape index (κ2) is 36.8. The molecule has 0 fully saturated rings. The van der Waals surface area contributed by atoms with Gasteiger partial charge in [-0.05, 0) is 133 Å². The topological polar surface area (TPSA) is 119 Å². The maximum absolute atomic E-state index is 11.0. The standard InChI is InChI=1S/C37H37NO5.C14H20O3.C3H4O.C3H8.C2H2/c1-3-36(39)42-23-11-5-4-10-22-41-29-18-16-27(17-19-29)26-43-30-20-21-35(40-2)28(24-30)25-38-37-33-14-8-6-12-31(33)32-13-7-9-15-34(32)37;1-16-10-4-2-3-5-11-17-14-8-6-13(12-15)7-9-14;1-2-3-4;1-3-2;1-2/h3,6-9,12-21,24-25,37H,1,4-5,10-11,22-23,26H2,2H3;6-9,12H,2-5,10-11H2,1H3;2-3H,1H2;3H2,1-2H3;1-2H. The Morgan fingerprint density at radius 2 is 1.13 bits per heavy atom. The van der Waals surface area contributed by atoms with Crippen LogP contribution in [0.25, 0.3) is 11.1 Å². The molecule has 0 amide bonds. The van der Waals surface area contributed by atoms with Crippen LogP contribution in [-0.4, -0.2) is 65.4 Å². The van der Waals surface area contributed by atoms with Crippen molar-refractivity contribution in [2.24, 2.45) is 4.99 Å². The smallest absolute Gasteiger partial charge is 0.330 e. The largest absolute Gasteiger partial charge is 0.496 e. The van der Waals surface area contributed by atoms with Gasteiger partial charge < -0.3 is 28.4 Å². The molecule has 0 saturated carbocycles. The van der Waals surface area contributed by atoms with Crippen molar-refractivity contribution in [3.63, 3.8) is 0 Å². The first kappa shape index (κ1) is 57.9. The summed E-state index contributed by atoms with van der Waals surface area (Å²) >= 11 is 0. The molecule has 1 aliphatic rings. The molecule has 5 aromatic rings. The summed E-state index contributed by atoms with van der Waals surface area (Å²) in [5.41, 5.74) is 7.49. The van der Waals surface area contributed by atoms with Crippen molar-refractivity contribution in [1.82, 2.24) is 0 Å². The monoisotopic (exact) mass is 938 g/mol. The number of methoxy groups -OCH3 is 2. The maximum atomic E-state index is 11.0. The average Bonchev–Trinajstić information content (AvgIpc) is 3.72. The fraction of sp³-hybridized carbons (Fsp3) is 0.322. The predicted octanol–water partition coefficient (Wildman–Crippen LogP) is 13.3. The Morgan fingerprint density at radius 3 is 1.62 bits per heavy atom. The molecule has 0 aliphatic heterocycles. The lowest BCUT2D eigenvalue weighted by Gasteiger charge is -2.12. The molecule has 0 aromatic heterocycles. The van der Waals surface area contributed by atoms with Gasteiger partial charge in [0, 0.05) is 37.1 Å². The number of unbranched alkanes of at least 4 members (excludes halogenated alkanes) is 6. The normalized spacial score (nSPS) is 10.6. The minimum atomic E-state index is -0.367. The van der Waals surface area contributed by atoms with Gasteiger partial charge in [-0.15, -0.1) is 12.8 Å². The number of aliphatic imine (C=N–C) groups is 1. The number of ether oxygens (including phenoxy) is 6. The zero-order valence-electron chi connectivity index (χ0n) is 41.0. The SMILES string of the molecule is C#C.C=CC(=O)OCCCCCCOc1ccc(COc2ccc(OC)c(C=NC3c4ccccc4-c4ccccc43)c2)cc1.C=CC=O.CCC.COCCCCCCOc1ccc(C=O)cc1. The molecule has 0 spiro atoms. The fourth-order valence-corrected chi connectivity index (χ4v) is 6.71. The van der Waals surface area contributed by atoms with E-state index >= 15 is 0 Å². The lowest BCUT2D eigenvalue weighted by Crippen LogP contribution is -2.02. The number of allylic oxidation sites excluding steroid dienone is 1. The Labute approximate surface area is 411 Å². The molecule has 0 N–H and O–H groups in total. The van der Waals surface area contributed by atoms with E-state index in [9.17, 15) is 9.59 Å². The summed E-state index contributed by atoms with van der Waals surface area (Å²) < 4.78 is 33.2. The minimum Gasteiger partial charge on any atom is -0.496 e. The number of hydrogen-bond acceptors (Lipinski definition) is 10. The molecule has 69 heavy (non-hydrogen) atoms. The van der Waals surface area contributed by atoms with Crippen LogP contribution in [0.3, 0.4) is 0 Å². The number of carbonyl (C=O) groups excluding carboxylic acids is 3. The first-order valence-corrected chi connectivity index (χ1v) is 23.5. The van der Waals surface area contributed by atoms with Crippen LogP contribution in [0.15, 0.2) is 146 Å². The Bertz CT molecular complexity index is 2210. The van der Waals surface area contributed by atoms with Gasteiger partial charge in [0.15, 0.2) is 0 Å². The first-order valence-electron chi connectivity index (χ1n) is 23.5. The highest BCUT2D eigenvalue weighted by atomic mass is 16.5. The van der Waals surface area contributed by atoms with E-state index in [1.54, 1.807) is 26.4 Å². The highest BCUT2D eigenvalue weighted by molar-refractivity contribution is 5.86. The van der Waals surface area contributed by atoms with Crippen LogP contribution in [-0.2, 0) is 25.7 Å². The Hall–Kier alpha value is -7.22. The van der Waals surface area contributed by atoms with E-state index in [4.69, 9.17) is 38.2 Å². The highest BCUT2D eigenvalue weighted by Gasteiger charge is 2.27. The van der Waals surface area contributed by atoms with E-state index in [1.807, 2.05) is 60.8 Å². The second-order valence-electron chi connectivity index (χ2n) is 15.3. The molecule has 0 atom stereocenters. The van der Waals surface area contributed by atoms with Gasteiger partial charge in [0.05, 0.1) is 26.9 Å². The van der Waals surface area contributed by atoms with E-state index in [0.717, 1.165) is 98.6 Å². The van der Waals surface area contributed by atoms with Gasteiger partial charge in [-0.2, -0.15) is 0 Å². The van der Waals surface area contributed by atoms with Crippen molar-refractivity contribution < 1.29 is 42.8 Å². The van der Waals surface area contributed by atoms with Crippen LogP contribution in [0, 0.1) is 12.8 Å². The number of terminal acetylenes is 1. The summed E-state index contributed by atoms with van der Waals surface area (Å²) in [5, 5.41) is 0. The lowest BCUT2D eigenvalue weighted by molar-refractivity contribution is -0.137. The summed E-state index contributed by atoms with van der Waals surface area (Å²) in [7, 11) is 3.40. The van der Waals surface area contributed by atoms with E-state index in [2.05, 4.69) is 88.4 Å². The average molecular weight is 938 g/mol. The molecular weight excluding hydrogens is 867 g/mol.